The molecule has 0 bridgehead atoms. The van der Waals surface area contributed by atoms with Gasteiger partial charge in [-0.1, -0.05) is 6.07 Å². The Labute approximate surface area is 128 Å². The van der Waals surface area contributed by atoms with Crippen molar-refractivity contribution < 1.29 is 9.53 Å². The van der Waals surface area contributed by atoms with Crippen molar-refractivity contribution in [1.29, 1.82) is 0 Å². The van der Waals surface area contributed by atoms with E-state index in [0.717, 1.165) is 17.2 Å². The summed E-state index contributed by atoms with van der Waals surface area (Å²) in [5, 5.41) is 0. The summed E-state index contributed by atoms with van der Waals surface area (Å²) in [6, 6.07) is 5.75. The molecule has 0 spiro atoms. The van der Waals surface area contributed by atoms with E-state index in [1.165, 1.54) is 6.08 Å². The predicted molar refractivity (Wildman–Crippen MR) is 83.6 cm³/mol. The lowest BCUT2D eigenvalue weighted by Gasteiger charge is -2.00. The zero-order chi connectivity index (χ0) is 15.8. The van der Waals surface area contributed by atoms with E-state index < -0.39 is 5.97 Å². The second-order valence-corrected chi connectivity index (χ2v) is 4.69. The predicted octanol–water partition coefficient (Wildman–Crippen LogP) is 1.81. The number of nitrogens with two attached hydrogens (primary N) is 1. The molecular weight excluding hydrogens is 280 g/mol. The first-order valence-electron chi connectivity index (χ1n) is 6.85. The fourth-order valence-electron chi connectivity index (χ4n) is 1.78. The molecule has 0 unspecified atom stereocenters. The molecule has 22 heavy (non-hydrogen) atoms. The highest BCUT2D eigenvalue weighted by atomic mass is 16.5. The van der Waals surface area contributed by atoms with Gasteiger partial charge in [-0.2, -0.15) is 0 Å². The van der Waals surface area contributed by atoms with Crippen LogP contribution >= 0.6 is 0 Å². The highest BCUT2D eigenvalue weighted by Gasteiger charge is 2.00. The molecule has 3 N–H and O–H groups in total. The normalized spacial score (nSPS) is 11.8. The number of allylic oxidation sites excluding steroid dienone is 1. The monoisotopic (exact) mass is 298 g/mol. The Kier molecular flexibility index (Phi) is 5.48. The molecule has 114 valence electrons. The van der Waals surface area contributed by atoms with Crippen LogP contribution in [-0.2, 0) is 16.0 Å². The molecule has 0 saturated carbocycles. The average molecular weight is 298 g/mol. The van der Waals surface area contributed by atoms with Crippen LogP contribution in [0.2, 0.25) is 0 Å². The smallest absolute Gasteiger partial charge is 0.332 e. The number of nitrogens with zero attached hydrogens (tertiary/aromatic N) is 2. The quantitative estimate of drug-likeness (QED) is 0.626. The number of aromatic amines is 1. The molecule has 2 aromatic heterocycles. The van der Waals surface area contributed by atoms with Crippen molar-refractivity contribution in [3.8, 4) is 0 Å². The van der Waals surface area contributed by atoms with Crippen LogP contribution < -0.4 is 5.73 Å². The maximum atomic E-state index is 11.3. The first-order valence-corrected chi connectivity index (χ1v) is 6.85. The number of aromatic nitrogens is 3. The van der Waals surface area contributed by atoms with Crippen LogP contribution in [0.3, 0.4) is 0 Å². The molecule has 0 aliphatic heterocycles. The number of carbonyl (C=O) groups excluding carboxylic acids is 1. The lowest BCUT2D eigenvalue weighted by atomic mass is 10.2. The minimum atomic E-state index is -0.454. The fourth-order valence-corrected chi connectivity index (χ4v) is 1.78. The summed E-state index contributed by atoms with van der Waals surface area (Å²) in [5.74, 6) is 0.413. The average Bonchev–Trinajstić information content (AvgIpc) is 2.96. The molecule has 0 radical (unpaired) electrons. The van der Waals surface area contributed by atoms with E-state index in [1.54, 1.807) is 31.5 Å². The van der Waals surface area contributed by atoms with Gasteiger partial charge in [0.2, 0.25) is 0 Å². The van der Waals surface area contributed by atoms with E-state index >= 15 is 0 Å². The second kappa shape index (κ2) is 7.78. The number of hydrogen-bond donors (Lipinski definition) is 2. The van der Waals surface area contributed by atoms with E-state index in [2.05, 4.69) is 15.0 Å². The van der Waals surface area contributed by atoms with Crippen molar-refractivity contribution in [3.63, 3.8) is 0 Å². The number of hydrogen-bond acceptors (Lipinski definition) is 5. The number of nitrogens with one attached hydrogen (secondary N) is 1. The maximum Gasteiger partial charge on any atom is 0.332 e. The molecule has 6 nitrogen and oxygen atoms in total. The molecule has 2 heterocycles. The van der Waals surface area contributed by atoms with Gasteiger partial charge in [0.05, 0.1) is 5.69 Å². The number of pyridine rings is 1. The Morgan fingerprint density at radius 3 is 3.05 bits per heavy atom. The van der Waals surface area contributed by atoms with Crippen molar-refractivity contribution >= 4 is 12.0 Å². The molecule has 0 saturated heterocycles. The van der Waals surface area contributed by atoms with Crippen LogP contribution in [-0.4, -0.2) is 27.5 Å². The lowest BCUT2D eigenvalue weighted by Crippen LogP contribution is -2.04. The van der Waals surface area contributed by atoms with Gasteiger partial charge < -0.3 is 15.5 Å². The third-order valence-electron chi connectivity index (χ3n) is 2.69. The van der Waals surface area contributed by atoms with Crippen LogP contribution in [0.4, 0.5) is 0 Å². The number of esters is 1. The van der Waals surface area contributed by atoms with Gasteiger partial charge in [-0.25, -0.2) is 9.78 Å². The van der Waals surface area contributed by atoms with E-state index in [0.29, 0.717) is 12.1 Å². The standard InChI is InChI=1S/C16H18N4O2/c1-12(17)10-16(21)22-9-3-6-13-4-2-5-14(20-13)11-15-18-7-8-19-15/h2-8,10H,9,11,17H2,1H3,(H,18,19). The molecule has 0 aromatic carbocycles. The van der Waals surface area contributed by atoms with Crippen molar-refractivity contribution in [2.75, 3.05) is 6.61 Å². The van der Waals surface area contributed by atoms with Gasteiger partial charge >= 0.3 is 5.97 Å². The van der Waals surface area contributed by atoms with Crippen LogP contribution in [0.1, 0.15) is 24.1 Å². The Hall–Kier alpha value is -2.89. The number of ether oxygens (including phenoxy) is 1. The molecule has 6 heteroatoms. The summed E-state index contributed by atoms with van der Waals surface area (Å²) < 4.78 is 4.97. The van der Waals surface area contributed by atoms with Crippen molar-refractivity contribution in [3.05, 3.63) is 65.7 Å². The Morgan fingerprint density at radius 1 is 1.45 bits per heavy atom. The van der Waals surface area contributed by atoms with Gasteiger partial charge in [0, 0.05) is 36.3 Å². The highest BCUT2D eigenvalue weighted by molar-refractivity contribution is 5.82. The number of imidazole rings is 1. The first kappa shape index (κ1) is 15.5. The van der Waals surface area contributed by atoms with Crippen LogP contribution in [0.15, 0.2) is 48.4 Å². The molecule has 0 amide bonds. The summed E-state index contributed by atoms with van der Waals surface area (Å²) >= 11 is 0. The molecule has 0 atom stereocenters. The van der Waals surface area contributed by atoms with Gasteiger partial charge in [0.15, 0.2) is 0 Å². The summed E-state index contributed by atoms with van der Waals surface area (Å²) in [6.07, 6.45) is 8.92. The van der Waals surface area contributed by atoms with Gasteiger partial charge in [-0.3, -0.25) is 4.98 Å². The summed E-state index contributed by atoms with van der Waals surface area (Å²) in [6.45, 7) is 1.80. The molecule has 2 aromatic rings. The van der Waals surface area contributed by atoms with Gasteiger partial charge in [-0.15, -0.1) is 0 Å². The SMILES string of the molecule is CC(N)=CC(=O)OCC=Cc1cccc(Cc2ncc[nH]2)n1. The van der Waals surface area contributed by atoms with Crippen LogP contribution in [0.5, 0.6) is 0 Å². The van der Waals surface area contributed by atoms with E-state index in [-0.39, 0.29) is 6.61 Å². The number of rotatable bonds is 6. The van der Waals surface area contributed by atoms with Gasteiger partial charge in [0.1, 0.15) is 12.4 Å². The lowest BCUT2D eigenvalue weighted by molar-refractivity contribution is -0.136. The zero-order valence-corrected chi connectivity index (χ0v) is 12.3. The van der Waals surface area contributed by atoms with Crippen molar-refractivity contribution in [2.24, 2.45) is 5.73 Å². The molecule has 0 aliphatic rings. The summed E-state index contributed by atoms with van der Waals surface area (Å²) in [7, 11) is 0. The van der Waals surface area contributed by atoms with E-state index in [4.69, 9.17) is 10.5 Å². The maximum absolute atomic E-state index is 11.3. The largest absolute Gasteiger partial charge is 0.458 e. The second-order valence-electron chi connectivity index (χ2n) is 4.69. The Morgan fingerprint density at radius 2 is 2.32 bits per heavy atom. The van der Waals surface area contributed by atoms with Crippen molar-refractivity contribution in [1.82, 2.24) is 15.0 Å². The molecular formula is C16H18N4O2. The highest BCUT2D eigenvalue weighted by Crippen LogP contribution is 2.05. The van der Waals surface area contributed by atoms with Crippen LogP contribution in [0, 0.1) is 0 Å². The number of H-pyrrole nitrogens is 1. The zero-order valence-electron chi connectivity index (χ0n) is 12.3. The Balaban J connectivity index is 1.88. The van der Waals surface area contributed by atoms with Gasteiger partial charge in [0.25, 0.3) is 0 Å². The number of carbonyl (C=O) groups is 1. The fraction of sp³-hybridized carbons (Fsp3) is 0.188. The Bertz CT molecular complexity index is 671. The summed E-state index contributed by atoms with van der Waals surface area (Å²) in [4.78, 5) is 23.0. The van der Waals surface area contributed by atoms with Crippen molar-refractivity contribution in [2.45, 2.75) is 13.3 Å². The molecule has 2 rings (SSSR count). The summed E-state index contributed by atoms with van der Waals surface area (Å²) in [5.41, 5.74) is 7.51. The van der Waals surface area contributed by atoms with Gasteiger partial charge in [-0.05, 0) is 31.2 Å². The third-order valence-corrected chi connectivity index (χ3v) is 2.69. The topological polar surface area (TPSA) is 93.9 Å². The van der Waals surface area contributed by atoms with E-state index in [1.807, 2.05) is 18.2 Å². The minimum absolute atomic E-state index is 0.173. The minimum Gasteiger partial charge on any atom is -0.458 e. The van der Waals surface area contributed by atoms with E-state index in [9.17, 15) is 4.79 Å². The molecule has 0 aliphatic carbocycles. The third kappa shape index (κ3) is 5.24. The van der Waals surface area contributed by atoms with Crippen LogP contribution in [0.25, 0.3) is 6.08 Å². The first-order chi connectivity index (χ1) is 10.6. The molecule has 0 fully saturated rings.